The fourth-order valence-corrected chi connectivity index (χ4v) is 1.97. The molecule has 0 radical (unpaired) electrons. The van der Waals surface area contributed by atoms with Gasteiger partial charge < -0.3 is 16.4 Å². The van der Waals surface area contributed by atoms with Crippen molar-refractivity contribution in [2.24, 2.45) is 11.7 Å². The van der Waals surface area contributed by atoms with Gasteiger partial charge in [0.15, 0.2) is 0 Å². The molecule has 1 rings (SSSR count). The quantitative estimate of drug-likeness (QED) is 0.714. The summed E-state index contributed by atoms with van der Waals surface area (Å²) < 4.78 is 0. The van der Waals surface area contributed by atoms with Crippen molar-refractivity contribution in [2.75, 3.05) is 6.54 Å². The zero-order valence-electron chi connectivity index (χ0n) is 13.4. The predicted molar refractivity (Wildman–Crippen MR) is 91.0 cm³/mol. The van der Waals surface area contributed by atoms with E-state index in [1.807, 2.05) is 32.9 Å². The van der Waals surface area contributed by atoms with Crippen LogP contribution in [0.25, 0.3) is 0 Å². The molecule has 1 atom stereocenters. The van der Waals surface area contributed by atoms with Gasteiger partial charge in [0, 0.05) is 18.7 Å². The number of carbonyl (C=O) groups excluding carboxylic acids is 2. The minimum atomic E-state index is -0.473. The van der Waals surface area contributed by atoms with Crippen molar-refractivity contribution in [1.29, 1.82) is 0 Å². The Balaban J connectivity index is 0.00000441. The second-order valence-corrected chi connectivity index (χ2v) is 5.51. The fourth-order valence-electron chi connectivity index (χ4n) is 1.97. The van der Waals surface area contributed by atoms with Crippen molar-refractivity contribution < 1.29 is 9.59 Å². The third-order valence-corrected chi connectivity index (χ3v) is 3.08. The highest BCUT2D eigenvalue weighted by molar-refractivity contribution is 5.94. The summed E-state index contributed by atoms with van der Waals surface area (Å²) in [6.45, 7) is 6.97. The molecular weight excluding hydrogens is 302 g/mol. The van der Waals surface area contributed by atoms with Crippen LogP contribution >= 0.6 is 12.4 Å². The van der Waals surface area contributed by atoms with E-state index in [1.54, 1.807) is 12.1 Å². The zero-order chi connectivity index (χ0) is 15.8. The van der Waals surface area contributed by atoms with Gasteiger partial charge in [-0.2, -0.15) is 0 Å². The first-order valence-electron chi connectivity index (χ1n) is 7.34. The molecule has 0 fully saturated rings. The topological polar surface area (TPSA) is 84.2 Å². The lowest BCUT2D eigenvalue weighted by Crippen LogP contribution is -2.41. The van der Waals surface area contributed by atoms with Crippen LogP contribution in [0.2, 0.25) is 0 Å². The van der Waals surface area contributed by atoms with Crippen molar-refractivity contribution in [3.8, 4) is 0 Å². The lowest BCUT2D eigenvalue weighted by Gasteiger charge is -2.14. The molecular formula is C16H26ClN3O2. The Kier molecular flexibility index (Phi) is 9.45. The Morgan fingerprint density at radius 3 is 2.23 bits per heavy atom. The average molecular weight is 328 g/mol. The first-order valence-corrected chi connectivity index (χ1v) is 7.34. The van der Waals surface area contributed by atoms with E-state index in [0.29, 0.717) is 31.0 Å². The third-order valence-electron chi connectivity index (χ3n) is 3.08. The summed E-state index contributed by atoms with van der Waals surface area (Å²) in [5, 5.41) is 5.55. The van der Waals surface area contributed by atoms with Gasteiger partial charge in [0.25, 0.3) is 5.91 Å². The minimum absolute atomic E-state index is 0. The van der Waals surface area contributed by atoms with Gasteiger partial charge in [0.05, 0.1) is 6.04 Å². The van der Waals surface area contributed by atoms with Gasteiger partial charge in [-0.3, -0.25) is 9.59 Å². The van der Waals surface area contributed by atoms with Gasteiger partial charge in [-0.15, -0.1) is 12.4 Å². The molecule has 22 heavy (non-hydrogen) atoms. The van der Waals surface area contributed by atoms with Crippen molar-refractivity contribution in [1.82, 2.24) is 10.6 Å². The van der Waals surface area contributed by atoms with Crippen LogP contribution in [-0.4, -0.2) is 24.4 Å². The van der Waals surface area contributed by atoms with Crippen LogP contribution in [0, 0.1) is 5.92 Å². The molecule has 0 unspecified atom stereocenters. The van der Waals surface area contributed by atoms with Crippen LogP contribution in [0.5, 0.6) is 0 Å². The van der Waals surface area contributed by atoms with Crippen molar-refractivity contribution in [2.45, 2.75) is 39.8 Å². The van der Waals surface area contributed by atoms with E-state index in [2.05, 4.69) is 10.6 Å². The first-order chi connectivity index (χ1) is 9.93. The number of nitrogens with one attached hydrogen (secondary N) is 2. The summed E-state index contributed by atoms with van der Waals surface area (Å²) in [4.78, 5) is 23.4. The number of halogens is 1. The number of nitrogens with two attached hydrogens (primary N) is 1. The zero-order valence-corrected chi connectivity index (χ0v) is 14.2. The lowest BCUT2D eigenvalue weighted by molar-refractivity contribution is -0.122. The fraction of sp³-hybridized carbons (Fsp3) is 0.500. The maximum absolute atomic E-state index is 11.8. The molecule has 0 aliphatic heterocycles. The summed E-state index contributed by atoms with van der Waals surface area (Å²) in [5.74, 6) is 0.158. The Labute approximate surface area is 138 Å². The SMILES string of the molecule is CCNC(=O)c1ccc(CNC(=O)[C@@H](N)CC(C)C)cc1.Cl. The molecule has 0 heterocycles. The highest BCUT2D eigenvalue weighted by atomic mass is 35.5. The molecule has 0 saturated heterocycles. The second-order valence-electron chi connectivity index (χ2n) is 5.51. The summed E-state index contributed by atoms with van der Waals surface area (Å²) >= 11 is 0. The molecule has 5 nitrogen and oxygen atoms in total. The van der Waals surface area contributed by atoms with Gasteiger partial charge in [0.1, 0.15) is 0 Å². The van der Waals surface area contributed by atoms with Crippen LogP contribution in [-0.2, 0) is 11.3 Å². The van der Waals surface area contributed by atoms with Gasteiger partial charge in [-0.05, 0) is 37.0 Å². The van der Waals surface area contributed by atoms with Gasteiger partial charge in [-0.1, -0.05) is 26.0 Å². The van der Waals surface area contributed by atoms with E-state index in [4.69, 9.17) is 5.73 Å². The molecule has 6 heteroatoms. The standard InChI is InChI=1S/C16H25N3O2.ClH/c1-4-18-15(20)13-7-5-12(6-8-13)10-19-16(21)14(17)9-11(2)3;/h5-8,11,14H,4,9-10,17H2,1-3H3,(H,18,20)(H,19,21);1H/t14-;/m0./s1. The number of benzene rings is 1. The Morgan fingerprint density at radius 2 is 1.73 bits per heavy atom. The van der Waals surface area contributed by atoms with Crippen LogP contribution in [0.4, 0.5) is 0 Å². The monoisotopic (exact) mass is 327 g/mol. The van der Waals surface area contributed by atoms with Crippen LogP contribution in [0.3, 0.4) is 0 Å². The van der Waals surface area contributed by atoms with Gasteiger partial charge >= 0.3 is 0 Å². The Bertz CT molecular complexity index is 475. The first kappa shape index (κ1) is 20.4. The average Bonchev–Trinajstić information content (AvgIpc) is 2.44. The summed E-state index contributed by atoms with van der Waals surface area (Å²) in [6.07, 6.45) is 0.669. The van der Waals surface area contributed by atoms with Gasteiger partial charge in [0.2, 0.25) is 5.91 Å². The summed E-state index contributed by atoms with van der Waals surface area (Å²) in [6, 6.07) is 6.69. The number of rotatable bonds is 7. The number of hydrogen-bond acceptors (Lipinski definition) is 3. The molecule has 0 saturated carbocycles. The normalized spacial score (nSPS) is 11.5. The van der Waals surface area contributed by atoms with E-state index < -0.39 is 6.04 Å². The second kappa shape index (κ2) is 10.2. The molecule has 0 aromatic heterocycles. The van der Waals surface area contributed by atoms with E-state index in [1.165, 1.54) is 0 Å². The van der Waals surface area contributed by atoms with Crippen molar-refractivity contribution >= 4 is 24.2 Å². The summed E-state index contributed by atoms with van der Waals surface area (Å²) in [7, 11) is 0. The molecule has 0 aliphatic rings. The highest BCUT2D eigenvalue weighted by Gasteiger charge is 2.14. The van der Waals surface area contributed by atoms with E-state index in [-0.39, 0.29) is 24.2 Å². The largest absolute Gasteiger partial charge is 0.352 e. The van der Waals surface area contributed by atoms with E-state index in [0.717, 1.165) is 5.56 Å². The number of hydrogen-bond donors (Lipinski definition) is 3. The lowest BCUT2D eigenvalue weighted by atomic mass is 10.0. The number of amides is 2. The molecule has 1 aromatic rings. The van der Waals surface area contributed by atoms with Crippen molar-refractivity contribution in [3.63, 3.8) is 0 Å². The van der Waals surface area contributed by atoms with Gasteiger partial charge in [-0.25, -0.2) is 0 Å². The predicted octanol–water partition coefficient (Wildman–Crippen LogP) is 1.85. The third kappa shape index (κ3) is 6.91. The Morgan fingerprint density at radius 1 is 1.14 bits per heavy atom. The molecule has 1 aromatic carbocycles. The molecule has 124 valence electrons. The van der Waals surface area contributed by atoms with Crippen LogP contribution in [0.15, 0.2) is 24.3 Å². The molecule has 0 aliphatic carbocycles. The van der Waals surface area contributed by atoms with Crippen LogP contribution < -0.4 is 16.4 Å². The maximum Gasteiger partial charge on any atom is 0.251 e. The molecule has 4 N–H and O–H groups in total. The number of carbonyl (C=O) groups is 2. The molecule has 0 bridgehead atoms. The van der Waals surface area contributed by atoms with Crippen LogP contribution in [0.1, 0.15) is 43.1 Å². The molecule has 2 amide bonds. The Hall–Kier alpha value is -1.59. The maximum atomic E-state index is 11.8. The highest BCUT2D eigenvalue weighted by Crippen LogP contribution is 2.06. The summed E-state index contributed by atoms with van der Waals surface area (Å²) in [5.41, 5.74) is 7.37. The smallest absolute Gasteiger partial charge is 0.251 e. The molecule has 0 spiro atoms. The minimum Gasteiger partial charge on any atom is -0.352 e. The van der Waals surface area contributed by atoms with Crippen molar-refractivity contribution in [3.05, 3.63) is 35.4 Å². The van der Waals surface area contributed by atoms with E-state index >= 15 is 0 Å². The van der Waals surface area contributed by atoms with E-state index in [9.17, 15) is 9.59 Å².